The minimum absolute atomic E-state index is 0.116. The highest BCUT2D eigenvalue weighted by Gasteiger charge is 2.36. The van der Waals surface area contributed by atoms with E-state index in [4.69, 9.17) is 9.47 Å². The number of rotatable bonds is 27. The zero-order chi connectivity index (χ0) is 71.4. The maximum atomic E-state index is 12.1. The van der Waals surface area contributed by atoms with E-state index >= 15 is 0 Å². The Balaban J connectivity index is 0. The summed E-state index contributed by atoms with van der Waals surface area (Å²) in [6, 6.07) is 0. The molecule has 5 fully saturated rings. The van der Waals surface area contributed by atoms with E-state index in [1.165, 1.54) is 65.0 Å². The standard InChI is InChI=1S/C13H24N2O2.C12H26N2O.C12H23NO.2C10H22N2O.C9H20N2.C8H17NO/c1-10(2)6-14(3)9-13(16)15-7-11-4-5-12(8-15)17-11;1-7-14(8-10(2)3)9-11(15)13-12(4,5)6;1-10(2)4-5-12-6-8-13(9-7-12)11(3)14;1-6-12(5)10(13)8-11(4)7-9(2)3;1-5-11-10(13)8-12(6-2)7-9(3)4;1-9(2)8-11-6-4-10(3)5-7-11;1-8(2)7-9-3-5-10-6-4-9/h10-12H,4-9H2,1-3H3;10H,7-9H2,1-6H3,(H,13,15);10,12H,4-9H2,1-3H3;9H,6-8H2,1-5H3;9H,5-8H2,1-4H3,(H,11,13);9H,4-8H2,1-3H3;8H,3-7H2,1-2H3. The Morgan fingerprint density at radius 3 is 1.34 bits per heavy atom. The predicted molar refractivity (Wildman–Crippen MR) is 393 cm³/mol. The summed E-state index contributed by atoms with van der Waals surface area (Å²) in [6.07, 6.45) is 7.96. The van der Waals surface area contributed by atoms with Crippen molar-refractivity contribution in [1.82, 2.24) is 59.6 Å². The molecule has 5 amide bonds. The Labute approximate surface area is 574 Å². The second-order valence-corrected chi connectivity index (χ2v) is 31.3. The van der Waals surface area contributed by atoms with Crippen LogP contribution in [0.1, 0.15) is 191 Å². The van der Waals surface area contributed by atoms with Crippen LogP contribution in [0.4, 0.5) is 0 Å². The molecule has 0 aliphatic carbocycles. The number of amides is 5. The number of hydrogen-bond acceptors (Lipinski definition) is 14. The fourth-order valence-electron chi connectivity index (χ4n) is 11.8. The van der Waals surface area contributed by atoms with Gasteiger partial charge in [0.25, 0.3) is 0 Å². The van der Waals surface area contributed by atoms with Crippen molar-refractivity contribution in [2.45, 2.75) is 209 Å². The number of piperazine rings is 1. The van der Waals surface area contributed by atoms with Crippen LogP contribution in [0, 0.1) is 47.3 Å². The van der Waals surface area contributed by atoms with Crippen molar-refractivity contribution < 1.29 is 33.4 Å². The number of ether oxygens (including phenoxy) is 2. The van der Waals surface area contributed by atoms with E-state index in [0.717, 1.165) is 141 Å². The van der Waals surface area contributed by atoms with Gasteiger partial charge in [0, 0.05) is 137 Å². The van der Waals surface area contributed by atoms with Gasteiger partial charge in [0.2, 0.25) is 29.5 Å². The Hall–Kier alpha value is -3.01. The first-order chi connectivity index (χ1) is 43.4. The van der Waals surface area contributed by atoms with Gasteiger partial charge in [-0.1, -0.05) is 124 Å². The van der Waals surface area contributed by atoms with Crippen LogP contribution in [-0.4, -0.2) is 295 Å². The lowest BCUT2D eigenvalue weighted by atomic mass is 9.90. The second kappa shape index (κ2) is 53.0. The van der Waals surface area contributed by atoms with E-state index in [9.17, 15) is 24.0 Å². The minimum Gasteiger partial charge on any atom is -0.379 e. The van der Waals surface area contributed by atoms with Crippen molar-refractivity contribution in [2.24, 2.45) is 47.3 Å². The van der Waals surface area contributed by atoms with Gasteiger partial charge in [0.05, 0.1) is 51.6 Å². The summed E-state index contributed by atoms with van der Waals surface area (Å²) in [5.74, 6) is 6.69. The molecule has 5 saturated heterocycles. The van der Waals surface area contributed by atoms with Crippen LogP contribution in [0.25, 0.3) is 0 Å². The van der Waals surface area contributed by atoms with E-state index in [0.29, 0.717) is 62.1 Å². The number of morpholine rings is 2. The van der Waals surface area contributed by atoms with Crippen LogP contribution in [0.5, 0.6) is 0 Å². The fraction of sp³-hybridized carbons (Fsp3) is 0.932. The number of carbonyl (C=O) groups is 5. The maximum Gasteiger partial charge on any atom is 0.236 e. The fourth-order valence-corrected chi connectivity index (χ4v) is 11.8. The molecule has 5 aliphatic rings. The van der Waals surface area contributed by atoms with Crippen LogP contribution >= 0.6 is 0 Å². The first-order valence-electron chi connectivity index (χ1n) is 36.9. The molecule has 5 heterocycles. The number of likely N-dealkylation sites (tertiary alicyclic amines) is 2. The smallest absolute Gasteiger partial charge is 0.236 e. The Bertz CT molecular complexity index is 1870. The molecular weight excluding hydrogens is 1170 g/mol. The van der Waals surface area contributed by atoms with Crippen molar-refractivity contribution in [1.29, 1.82) is 0 Å². The van der Waals surface area contributed by atoms with Gasteiger partial charge in [-0.2, -0.15) is 0 Å². The second-order valence-electron chi connectivity index (χ2n) is 31.3. The topological polar surface area (TPSA) is 160 Å². The number of nitrogens with one attached hydrogen (secondary N) is 2. The predicted octanol–water partition coefficient (Wildman–Crippen LogP) is 9.54. The molecule has 0 aromatic heterocycles. The molecular formula is C74H154N12O7. The number of fused-ring (bicyclic) bond motifs is 2. The van der Waals surface area contributed by atoms with Gasteiger partial charge in [0.15, 0.2) is 0 Å². The van der Waals surface area contributed by atoms with Gasteiger partial charge in [-0.15, -0.1) is 0 Å². The van der Waals surface area contributed by atoms with E-state index < -0.39 is 0 Å². The number of likely N-dealkylation sites (N-methyl/N-ethyl adjacent to an activating group) is 7. The van der Waals surface area contributed by atoms with Gasteiger partial charge < -0.3 is 44.6 Å². The molecule has 93 heavy (non-hydrogen) atoms. The summed E-state index contributed by atoms with van der Waals surface area (Å²) in [7, 11) is 8.05. The lowest BCUT2D eigenvalue weighted by Crippen LogP contribution is -2.49. The van der Waals surface area contributed by atoms with E-state index in [1.807, 2.05) is 65.6 Å². The Morgan fingerprint density at radius 1 is 0.516 bits per heavy atom. The third-order valence-corrected chi connectivity index (χ3v) is 16.4. The summed E-state index contributed by atoms with van der Waals surface area (Å²) in [4.78, 5) is 79.2. The SMILES string of the molecule is CC(=O)N1CCC(CCC(C)C)CC1.CC(C)CN(C)CC(=O)N1CC2CCC(C1)O2.CC(C)CN1CCN(C)CC1.CC(C)CN1CCOCC1.CCN(C)C(=O)CN(C)CC(C)C.CCN(CC(=O)NC(C)(C)C)CC(C)C.CCNC(=O)CN(CC)CC(C)C. The van der Waals surface area contributed by atoms with Crippen LogP contribution in [0.2, 0.25) is 0 Å². The number of hydrogen-bond donors (Lipinski definition) is 2. The molecule has 2 N–H and O–H groups in total. The number of piperidine rings is 1. The normalized spacial score (nSPS) is 18.1. The molecule has 0 aromatic rings. The largest absolute Gasteiger partial charge is 0.379 e. The van der Waals surface area contributed by atoms with Crippen molar-refractivity contribution in [3.8, 4) is 0 Å². The lowest BCUT2D eigenvalue weighted by Gasteiger charge is -2.33. The average molecular weight is 1320 g/mol. The molecule has 2 bridgehead atoms. The van der Waals surface area contributed by atoms with Crippen molar-refractivity contribution >= 4 is 29.5 Å². The molecule has 0 aromatic carbocycles. The average Bonchev–Trinajstić information content (AvgIpc) is 1.76. The van der Waals surface area contributed by atoms with Crippen LogP contribution in [-0.2, 0) is 33.4 Å². The molecule has 0 saturated carbocycles. The summed E-state index contributed by atoms with van der Waals surface area (Å²) < 4.78 is 11.0. The maximum absolute atomic E-state index is 12.1. The van der Waals surface area contributed by atoms with E-state index in [1.54, 1.807) is 11.8 Å². The van der Waals surface area contributed by atoms with Crippen LogP contribution < -0.4 is 10.6 Å². The minimum atomic E-state index is -0.131. The summed E-state index contributed by atoms with van der Waals surface area (Å²) >= 11 is 0. The zero-order valence-corrected chi connectivity index (χ0v) is 65.7. The van der Waals surface area contributed by atoms with Crippen molar-refractivity contribution in [3.63, 3.8) is 0 Å². The highest BCUT2D eigenvalue weighted by molar-refractivity contribution is 5.79. The third-order valence-electron chi connectivity index (χ3n) is 16.4. The molecule has 2 atom stereocenters. The van der Waals surface area contributed by atoms with Gasteiger partial charge in [0.1, 0.15) is 0 Å². The van der Waals surface area contributed by atoms with Crippen LogP contribution in [0.15, 0.2) is 0 Å². The highest BCUT2D eigenvalue weighted by Crippen LogP contribution is 2.27. The van der Waals surface area contributed by atoms with Gasteiger partial charge >= 0.3 is 0 Å². The molecule has 5 rings (SSSR count). The Morgan fingerprint density at radius 2 is 0.957 bits per heavy atom. The van der Waals surface area contributed by atoms with Gasteiger partial charge in [-0.3, -0.25) is 48.5 Å². The molecule has 5 aliphatic heterocycles. The van der Waals surface area contributed by atoms with E-state index in [-0.39, 0.29) is 35.1 Å². The lowest BCUT2D eigenvalue weighted by molar-refractivity contribution is -0.140. The molecule has 552 valence electrons. The first kappa shape index (κ1) is 92.0. The molecule has 19 nitrogen and oxygen atoms in total. The number of carbonyl (C=O) groups excluding carboxylic acids is 5. The van der Waals surface area contributed by atoms with Crippen molar-refractivity contribution in [2.75, 3.05) is 198 Å². The monoisotopic (exact) mass is 1320 g/mol. The van der Waals surface area contributed by atoms with E-state index in [2.05, 4.69) is 163 Å². The summed E-state index contributed by atoms with van der Waals surface area (Å²) in [5, 5.41) is 5.78. The third kappa shape index (κ3) is 52.7. The van der Waals surface area contributed by atoms with Crippen molar-refractivity contribution in [3.05, 3.63) is 0 Å². The molecule has 0 spiro atoms. The number of nitrogens with zero attached hydrogens (tertiary/aromatic N) is 10. The Kier molecular flexibility index (Phi) is 52.5. The molecule has 19 heteroatoms. The highest BCUT2D eigenvalue weighted by atomic mass is 16.5. The first-order valence-corrected chi connectivity index (χ1v) is 36.9. The molecule has 0 radical (unpaired) electrons. The quantitative estimate of drug-likeness (QED) is 0.0801. The van der Waals surface area contributed by atoms with Gasteiger partial charge in [-0.05, 0) is 142 Å². The summed E-state index contributed by atoms with van der Waals surface area (Å²) in [5.41, 5.74) is -0.131. The molecule has 2 unspecified atom stereocenters. The van der Waals surface area contributed by atoms with Crippen LogP contribution in [0.3, 0.4) is 0 Å². The summed E-state index contributed by atoms with van der Waals surface area (Å²) in [6.45, 7) is 71.4. The zero-order valence-electron chi connectivity index (χ0n) is 65.7. The van der Waals surface area contributed by atoms with Gasteiger partial charge in [-0.25, -0.2) is 0 Å².